The molecule has 1 aromatic carbocycles. The zero-order valence-corrected chi connectivity index (χ0v) is 9.95. The van der Waals surface area contributed by atoms with Gasteiger partial charge in [0.05, 0.1) is 12.7 Å². The minimum Gasteiger partial charge on any atom is -0.465 e. The second-order valence-electron chi connectivity index (χ2n) is 4.39. The normalized spacial score (nSPS) is 15.6. The first kappa shape index (κ1) is 11.2. The van der Waals surface area contributed by atoms with E-state index in [1.165, 1.54) is 31.9 Å². The highest BCUT2D eigenvalue weighted by molar-refractivity contribution is 5.91. The third kappa shape index (κ3) is 1.97. The van der Waals surface area contributed by atoms with Gasteiger partial charge in [-0.1, -0.05) is 25.5 Å². The van der Waals surface area contributed by atoms with E-state index in [0.29, 0.717) is 5.56 Å². The van der Waals surface area contributed by atoms with Gasteiger partial charge in [-0.3, -0.25) is 0 Å². The Morgan fingerprint density at radius 1 is 1.44 bits per heavy atom. The van der Waals surface area contributed by atoms with Crippen LogP contribution in [0, 0.1) is 0 Å². The molecule has 2 rings (SSSR count). The number of hydrogen-bond acceptors (Lipinski definition) is 2. The minimum absolute atomic E-state index is 0.225. The van der Waals surface area contributed by atoms with Crippen LogP contribution in [0.1, 0.15) is 53.6 Å². The second kappa shape index (κ2) is 4.69. The topological polar surface area (TPSA) is 26.3 Å². The second-order valence-corrected chi connectivity index (χ2v) is 4.39. The van der Waals surface area contributed by atoms with Gasteiger partial charge >= 0.3 is 5.97 Å². The first-order valence-electron chi connectivity index (χ1n) is 5.97. The van der Waals surface area contributed by atoms with Gasteiger partial charge in [-0.05, 0) is 42.4 Å². The molecule has 1 aliphatic carbocycles. The van der Waals surface area contributed by atoms with Crippen LogP contribution in [0.15, 0.2) is 18.2 Å². The standard InChI is InChI=1S/C14H18O2/c1-3-10-9-12(11-5-4-6-11)7-8-13(10)14(15)16-2/h7-9,11H,3-6H2,1-2H3. The predicted octanol–water partition coefficient (Wildman–Crippen LogP) is 3.30. The van der Waals surface area contributed by atoms with Gasteiger partial charge in [-0.2, -0.15) is 0 Å². The quantitative estimate of drug-likeness (QED) is 0.727. The number of esters is 1. The first-order valence-corrected chi connectivity index (χ1v) is 5.97. The average molecular weight is 218 g/mol. The molecule has 1 aliphatic rings. The Morgan fingerprint density at radius 2 is 2.19 bits per heavy atom. The zero-order valence-electron chi connectivity index (χ0n) is 9.95. The van der Waals surface area contributed by atoms with Gasteiger partial charge in [0.25, 0.3) is 0 Å². The van der Waals surface area contributed by atoms with E-state index >= 15 is 0 Å². The maximum absolute atomic E-state index is 11.5. The Morgan fingerprint density at radius 3 is 2.69 bits per heavy atom. The van der Waals surface area contributed by atoms with E-state index in [4.69, 9.17) is 4.74 Å². The molecule has 1 fully saturated rings. The van der Waals surface area contributed by atoms with Gasteiger partial charge in [0, 0.05) is 0 Å². The predicted molar refractivity (Wildman–Crippen MR) is 63.8 cm³/mol. The van der Waals surface area contributed by atoms with Gasteiger partial charge in [0.15, 0.2) is 0 Å². The van der Waals surface area contributed by atoms with Crippen LogP contribution >= 0.6 is 0 Å². The molecular formula is C14H18O2. The van der Waals surface area contributed by atoms with E-state index < -0.39 is 0 Å². The molecule has 0 spiro atoms. The molecule has 0 bridgehead atoms. The summed E-state index contributed by atoms with van der Waals surface area (Å²) in [5, 5.41) is 0. The van der Waals surface area contributed by atoms with Crippen LogP contribution in [0.5, 0.6) is 0 Å². The maximum atomic E-state index is 11.5. The molecule has 86 valence electrons. The van der Waals surface area contributed by atoms with Gasteiger partial charge in [0.1, 0.15) is 0 Å². The Hall–Kier alpha value is -1.31. The number of carbonyl (C=O) groups excluding carboxylic acids is 1. The number of methoxy groups -OCH3 is 1. The highest BCUT2D eigenvalue weighted by Gasteiger charge is 2.21. The molecule has 0 amide bonds. The molecule has 0 heterocycles. The molecular weight excluding hydrogens is 200 g/mol. The summed E-state index contributed by atoms with van der Waals surface area (Å²) in [6.45, 7) is 2.08. The van der Waals surface area contributed by atoms with Crippen LogP contribution in [0.4, 0.5) is 0 Å². The molecule has 0 unspecified atom stereocenters. The number of rotatable bonds is 3. The Labute approximate surface area is 96.6 Å². The lowest BCUT2D eigenvalue weighted by Gasteiger charge is -2.26. The van der Waals surface area contributed by atoms with Crippen molar-refractivity contribution in [1.82, 2.24) is 0 Å². The minimum atomic E-state index is -0.225. The van der Waals surface area contributed by atoms with Crippen molar-refractivity contribution < 1.29 is 9.53 Å². The fraction of sp³-hybridized carbons (Fsp3) is 0.500. The van der Waals surface area contributed by atoms with Crippen LogP contribution < -0.4 is 0 Å². The Balaban J connectivity index is 2.30. The van der Waals surface area contributed by atoms with Crippen molar-refractivity contribution in [1.29, 1.82) is 0 Å². The van der Waals surface area contributed by atoms with Crippen molar-refractivity contribution in [3.05, 3.63) is 34.9 Å². The van der Waals surface area contributed by atoms with Crippen LogP contribution in [0.3, 0.4) is 0 Å². The average Bonchev–Trinajstić information content (AvgIpc) is 2.25. The van der Waals surface area contributed by atoms with Crippen molar-refractivity contribution in [2.24, 2.45) is 0 Å². The maximum Gasteiger partial charge on any atom is 0.338 e. The number of benzene rings is 1. The lowest BCUT2D eigenvalue weighted by atomic mass is 9.79. The fourth-order valence-corrected chi connectivity index (χ4v) is 2.21. The van der Waals surface area contributed by atoms with Crippen LogP contribution in [0.25, 0.3) is 0 Å². The Kier molecular flexibility index (Phi) is 3.28. The summed E-state index contributed by atoms with van der Waals surface area (Å²) in [6.07, 6.45) is 4.80. The number of carbonyl (C=O) groups is 1. The van der Waals surface area contributed by atoms with Crippen molar-refractivity contribution in [3.63, 3.8) is 0 Å². The van der Waals surface area contributed by atoms with Crippen molar-refractivity contribution >= 4 is 5.97 Å². The summed E-state index contributed by atoms with van der Waals surface area (Å²) in [5.41, 5.74) is 3.21. The van der Waals surface area contributed by atoms with Crippen LogP contribution in [-0.4, -0.2) is 13.1 Å². The molecule has 2 heteroatoms. The number of ether oxygens (including phenoxy) is 1. The van der Waals surface area contributed by atoms with Crippen LogP contribution in [0.2, 0.25) is 0 Å². The SMILES string of the molecule is CCc1cc(C2CCC2)ccc1C(=O)OC. The lowest BCUT2D eigenvalue weighted by Crippen LogP contribution is -2.11. The number of hydrogen-bond donors (Lipinski definition) is 0. The smallest absolute Gasteiger partial charge is 0.338 e. The molecule has 0 atom stereocenters. The monoisotopic (exact) mass is 218 g/mol. The van der Waals surface area contributed by atoms with E-state index in [0.717, 1.165) is 17.9 Å². The van der Waals surface area contributed by atoms with E-state index in [1.54, 1.807) is 0 Å². The third-order valence-corrected chi connectivity index (χ3v) is 3.49. The highest BCUT2D eigenvalue weighted by atomic mass is 16.5. The third-order valence-electron chi connectivity index (χ3n) is 3.49. The first-order chi connectivity index (χ1) is 7.76. The van der Waals surface area contributed by atoms with E-state index in [9.17, 15) is 4.79 Å². The Bertz CT molecular complexity index is 392. The molecule has 0 radical (unpaired) electrons. The van der Waals surface area contributed by atoms with Gasteiger partial charge < -0.3 is 4.74 Å². The van der Waals surface area contributed by atoms with Gasteiger partial charge in [-0.25, -0.2) is 4.79 Å². The number of aryl methyl sites for hydroxylation is 1. The van der Waals surface area contributed by atoms with E-state index in [2.05, 4.69) is 19.1 Å². The summed E-state index contributed by atoms with van der Waals surface area (Å²) >= 11 is 0. The highest BCUT2D eigenvalue weighted by Crippen LogP contribution is 2.37. The molecule has 0 aromatic heterocycles. The molecule has 1 saturated carbocycles. The largest absolute Gasteiger partial charge is 0.465 e. The van der Waals surface area contributed by atoms with Gasteiger partial charge in [-0.15, -0.1) is 0 Å². The summed E-state index contributed by atoms with van der Waals surface area (Å²) in [4.78, 5) is 11.5. The molecule has 0 saturated heterocycles. The summed E-state index contributed by atoms with van der Waals surface area (Å²) in [7, 11) is 1.43. The molecule has 1 aromatic rings. The van der Waals surface area contributed by atoms with Gasteiger partial charge in [0.2, 0.25) is 0 Å². The molecule has 0 N–H and O–H groups in total. The summed E-state index contributed by atoms with van der Waals surface area (Å²) < 4.78 is 4.78. The fourth-order valence-electron chi connectivity index (χ4n) is 2.21. The van der Waals surface area contributed by atoms with E-state index in [1.807, 2.05) is 6.07 Å². The van der Waals surface area contributed by atoms with Crippen molar-refractivity contribution in [3.8, 4) is 0 Å². The van der Waals surface area contributed by atoms with E-state index in [-0.39, 0.29) is 5.97 Å². The van der Waals surface area contributed by atoms with Crippen molar-refractivity contribution in [2.45, 2.75) is 38.5 Å². The lowest BCUT2D eigenvalue weighted by molar-refractivity contribution is 0.0599. The summed E-state index contributed by atoms with van der Waals surface area (Å²) in [5.74, 6) is 0.494. The zero-order chi connectivity index (χ0) is 11.5. The van der Waals surface area contributed by atoms with Crippen molar-refractivity contribution in [2.75, 3.05) is 7.11 Å². The molecule has 0 aliphatic heterocycles. The van der Waals surface area contributed by atoms with Crippen LogP contribution in [-0.2, 0) is 11.2 Å². The summed E-state index contributed by atoms with van der Waals surface area (Å²) in [6, 6.07) is 6.17. The molecule has 16 heavy (non-hydrogen) atoms. The molecule has 2 nitrogen and oxygen atoms in total.